The second-order valence-electron chi connectivity index (χ2n) is 6.79. The van der Waals surface area contributed by atoms with Gasteiger partial charge in [-0.05, 0) is 35.5 Å². The lowest BCUT2D eigenvalue weighted by Crippen LogP contribution is -3.14. The van der Waals surface area contributed by atoms with Crippen molar-refractivity contribution in [2.24, 2.45) is 5.10 Å². The second kappa shape index (κ2) is 10.9. The van der Waals surface area contributed by atoms with Gasteiger partial charge in [0.05, 0.1) is 39.1 Å². The molecule has 7 heteroatoms. The van der Waals surface area contributed by atoms with Crippen LogP contribution in [0.1, 0.15) is 18.9 Å². The number of thiocarbonyl (C=S) groups is 1. The maximum Gasteiger partial charge on any atom is 0.187 e. The fraction of sp³-hybridized carbons (Fsp3) is 0.429. The summed E-state index contributed by atoms with van der Waals surface area (Å²) >= 11 is 5.33. The van der Waals surface area contributed by atoms with E-state index in [1.165, 1.54) is 0 Å². The molecule has 0 amide bonds. The van der Waals surface area contributed by atoms with Gasteiger partial charge in [-0.3, -0.25) is 5.43 Å². The van der Waals surface area contributed by atoms with Gasteiger partial charge >= 0.3 is 0 Å². The molecule has 6 nitrogen and oxygen atoms in total. The molecule has 1 saturated heterocycles. The summed E-state index contributed by atoms with van der Waals surface area (Å²) in [5, 5.41) is 10.3. The fourth-order valence-corrected chi connectivity index (χ4v) is 3.36. The molecule has 150 valence electrons. The second-order valence-corrected chi connectivity index (χ2v) is 7.19. The van der Waals surface area contributed by atoms with Gasteiger partial charge in [-0.15, -0.1) is 0 Å². The number of hydrogen-bond donors (Lipinski definition) is 3. The fourth-order valence-electron chi connectivity index (χ4n) is 3.20. The SMILES string of the molecule is CCCOc1ccc2ccccc2c1/C=N\NC(=S)NCC[NH+]1CCOCC1. The van der Waals surface area contributed by atoms with Crippen LogP contribution in [0, 0.1) is 0 Å². The first-order valence-corrected chi connectivity index (χ1v) is 10.3. The maximum absolute atomic E-state index is 5.90. The van der Waals surface area contributed by atoms with Crippen LogP contribution in [0.15, 0.2) is 41.5 Å². The zero-order valence-electron chi connectivity index (χ0n) is 16.4. The number of hydrogen-bond acceptors (Lipinski definition) is 4. The van der Waals surface area contributed by atoms with Gasteiger partial charge in [0.1, 0.15) is 18.8 Å². The molecule has 0 unspecified atom stereocenters. The molecule has 2 aromatic rings. The minimum Gasteiger partial charge on any atom is -0.493 e. The number of rotatable bonds is 8. The predicted octanol–water partition coefficient (Wildman–Crippen LogP) is 1.34. The highest BCUT2D eigenvalue weighted by Crippen LogP contribution is 2.26. The Labute approximate surface area is 171 Å². The van der Waals surface area contributed by atoms with Gasteiger partial charge in [-0.25, -0.2) is 0 Å². The van der Waals surface area contributed by atoms with Crippen molar-refractivity contribution in [2.45, 2.75) is 13.3 Å². The molecule has 0 saturated carbocycles. The summed E-state index contributed by atoms with van der Waals surface area (Å²) in [4.78, 5) is 1.54. The minimum absolute atomic E-state index is 0.528. The molecule has 0 atom stereocenters. The third kappa shape index (κ3) is 5.89. The molecule has 3 rings (SSSR count). The molecule has 0 aliphatic carbocycles. The molecule has 0 radical (unpaired) electrons. The summed E-state index contributed by atoms with van der Waals surface area (Å²) in [6.07, 6.45) is 2.75. The molecule has 1 fully saturated rings. The quantitative estimate of drug-likeness (QED) is 0.354. The Bertz CT molecular complexity index is 806. The lowest BCUT2D eigenvalue weighted by molar-refractivity contribution is -0.906. The van der Waals surface area contributed by atoms with E-state index in [0.29, 0.717) is 11.7 Å². The van der Waals surface area contributed by atoms with E-state index >= 15 is 0 Å². The highest BCUT2D eigenvalue weighted by atomic mass is 32.1. The molecule has 3 N–H and O–H groups in total. The van der Waals surface area contributed by atoms with Crippen LogP contribution in [-0.2, 0) is 4.74 Å². The average molecular weight is 402 g/mol. The Hall–Kier alpha value is -2.22. The van der Waals surface area contributed by atoms with Crippen LogP contribution < -0.4 is 20.4 Å². The average Bonchev–Trinajstić information content (AvgIpc) is 2.73. The molecule has 2 aromatic carbocycles. The smallest absolute Gasteiger partial charge is 0.187 e. The standard InChI is InChI=1S/C21H28N4O2S/c1-2-13-27-20-8-7-17-5-3-4-6-18(17)19(20)16-23-24-21(28)22-9-10-25-11-14-26-15-12-25/h3-8,16H,2,9-15H2,1H3,(H2,22,24,28)/p+1/b23-16-. The molecule has 0 bridgehead atoms. The van der Waals surface area contributed by atoms with E-state index in [0.717, 1.165) is 67.9 Å². The van der Waals surface area contributed by atoms with Crippen molar-refractivity contribution in [1.82, 2.24) is 10.7 Å². The van der Waals surface area contributed by atoms with Gasteiger partial charge in [0.2, 0.25) is 0 Å². The number of morpholine rings is 1. The van der Waals surface area contributed by atoms with Gasteiger partial charge in [-0.2, -0.15) is 5.10 Å². The van der Waals surface area contributed by atoms with E-state index in [1.54, 1.807) is 11.1 Å². The molecule has 1 heterocycles. The molecule has 28 heavy (non-hydrogen) atoms. The summed E-state index contributed by atoms with van der Waals surface area (Å²) in [6.45, 7) is 8.41. The lowest BCUT2D eigenvalue weighted by Gasteiger charge is -2.23. The van der Waals surface area contributed by atoms with Crippen LogP contribution in [0.5, 0.6) is 5.75 Å². The monoisotopic (exact) mass is 401 g/mol. The van der Waals surface area contributed by atoms with E-state index < -0.39 is 0 Å². The zero-order valence-corrected chi connectivity index (χ0v) is 17.2. The molecule has 1 aliphatic rings. The summed E-state index contributed by atoms with van der Waals surface area (Å²) < 4.78 is 11.3. The third-order valence-electron chi connectivity index (χ3n) is 4.72. The van der Waals surface area contributed by atoms with E-state index in [4.69, 9.17) is 21.7 Å². The van der Waals surface area contributed by atoms with Crippen LogP contribution in [0.2, 0.25) is 0 Å². The van der Waals surface area contributed by atoms with Gasteiger partial charge in [-0.1, -0.05) is 37.3 Å². The molecular formula is C21H29N4O2S+. The van der Waals surface area contributed by atoms with Gasteiger partial charge in [0.25, 0.3) is 0 Å². The zero-order chi connectivity index (χ0) is 19.6. The Balaban J connectivity index is 1.57. The Morgan fingerprint density at radius 1 is 1.25 bits per heavy atom. The first-order chi connectivity index (χ1) is 13.8. The Kier molecular flexibility index (Phi) is 8.02. The molecular weight excluding hydrogens is 372 g/mol. The third-order valence-corrected chi connectivity index (χ3v) is 4.95. The van der Waals surface area contributed by atoms with Crippen molar-refractivity contribution >= 4 is 34.3 Å². The van der Waals surface area contributed by atoms with Crippen LogP contribution in [-0.4, -0.2) is 57.3 Å². The van der Waals surface area contributed by atoms with E-state index in [1.807, 2.05) is 18.2 Å². The number of nitrogens with one attached hydrogen (secondary N) is 3. The minimum atomic E-state index is 0.528. The number of ether oxygens (including phenoxy) is 2. The topological polar surface area (TPSA) is 59.3 Å². The van der Waals surface area contributed by atoms with Crippen LogP contribution >= 0.6 is 12.2 Å². The van der Waals surface area contributed by atoms with Crippen LogP contribution in [0.3, 0.4) is 0 Å². The van der Waals surface area contributed by atoms with Crippen molar-refractivity contribution in [3.05, 3.63) is 42.0 Å². The van der Waals surface area contributed by atoms with Crippen LogP contribution in [0.25, 0.3) is 10.8 Å². The van der Waals surface area contributed by atoms with Gasteiger partial charge in [0, 0.05) is 5.56 Å². The lowest BCUT2D eigenvalue weighted by atomic mass is 10.0. The predicted molar refractivity (Wildman–Crippen MR) is 117 cm³/mol. The maximum atomic E-state index is 5.90. The van der Waals surface area contributed by atoms with Crippen molar-refractivity contribution in [3.8, 4) is 5.75 Å². The van der Waals surface area contributed by atoms with Crippen molar-refractivity contribution < 1.29 is 14.4 Å². The number of hydrazone groups is 1. The summed E-state index contributed by atoms with van der Waals surface area (Å²) in [6, 6.07) is 12.3. The van der Waals surface area contributed by atoms with E-state index in [2.05, 4.69) is 41.0 Å². The Morgan fingerprint density at radius 2 is 2.07 bits per heavy atom. The highest BCUT2D eigenvalue weighted by molar-refractivity contribution is 7.80. The number of quaternary nitrogens is 1. The van der Waals surface area contributed by atoms with E-state index in [9.17, 15) is 0 Å². The van der Waals surface area contributed by atoms with Gasteiger partial charge < -0.3 is 19.7 Å². The molecule has 0 spiro atoms. The highest BCUT2D eigenvalue weighted by Gasteiger charge is 2.12. The summed E-state index contributed by atoms with van der Waals surface area (Å²) in [5.74, 6) is 0.834. The number of benzene rings is 2. The van der Waals surface area contributed by atoms with Crippen molar-refractivity contribution in [2.75, 3.05) is 46.0 Å². The first-order valence-electron chi connectivity index (χ1n) is 9.90. The Morgan fingerprint density at radius 3 is 2.89 bits per heavy atom. The number of nitrogens with zero attached hydrogens (tertiary/aromatic N) is 1. The van der Waals surface area contributed by atoms with Gasteiger partial charge in [0.15, 0.2) is 5.11 Å². The van der Waals surface area contributed by atoms with Crippen molar-refractivity contribution in [1.29, 1.82) is 0 Å². The largest absolute Gasteiger partial charge is 0.493 e. The normalized spacial score (nSPS) is 15.0. The number of fused-ring (bicyclic) bond motifs is 1. The van der Waals surface area contributed by atoms with Crippen LogP contribution in [0.4, 0.5) is 0 Å². The molecule has 1 aliphatic heterocycles. The first kappa shape index (κ1) is 20.5. The van der Waals surface area contributed by atoms with E-state index in [-0.39, 0.29) is 0 Å². The molecule has 0 aromatic heterocycles. The van der Waals surface area contributed by atoms with Crippen molar-refractivity contribution in [3.63, 3.8) is 0 Å². The summed E-state index contributed by atoms with van der Waals surface area (Å²) in [5.41, 5.74) is 3.88. The summed E-state index contributed by atoms with van der Waals surface area (Å²) in [7, 11) is 0.